The van der Waals surface area contributed by atoms with Crippen LogP contribution in [0.1, 0.15) is 23.9 Å². The van der Waals surface area contributed by atoms with E-state index in [0.717, 1.165) is 23.4 Å². The van der Waals surface area contributed by atoms with Gasteiger partial charge in [0.1, 0.15) is 6.61 Å². The smallest absolute Gasteiger partial charge is 0.216 e. The summed E-state index contributed by atoms with van der Waals surface area (Å²) < 4.78 is 13.4. The number of hydrogen-bond donors (Lipinski definition) is 1. The van der Waals surface area contributed by atoms with E-state index in [-0.39, 0.29) is 0 Å². The van der Waals surface area contributed by atoms with E-state index in [4.69, 9.17) is 33.3 Å². The molecular formula is C19H19ClN4O2S. The molecule has 0 fully saturated rings. The molecule has 1 N–H and O–H groups in total. The number of nitrogens with zero attached hydrogens (tertiary/aromatic N) is 3. The normalized spacial score (nSPS) is 11.1. The lowest BCUT2D eigenvalue weighted by Gasteiger charge is -2.11. The van der Waals surface area contributed by atoms with Crippen molar-refractivity contribution in [3.8, 4) is 11.5 Å². The van der Waals surface area contributed by atoms with Crippen LogP contribution in [0.3, 0.4) is 0 Å². The number of benzene rings is 2. The van der Waals surface area contributed by atoms with Gasteiger partial charge in [-0.25, -0.2) is 0 Å². The van der Waals surface area contributed by atoms with Gasteiger partial charge in [-0.15, -0.1) is 0 Å². The maximum absolute atomic E-state index is 5.90. The number of aromatic amines is 1. The fraction of sp³-hybridized carbons (Fsp3) is 0.211. The molecule has 0 amide bonds. The summed E-state index contributed by atoms with van der Waals surface area (Å²) in [5.74, 6) is 2.05. The lowest BCUT2D eigenvalue weighted by Crippen LogP contribution is -1.99. The van der Waals surface area contributed by atoms with E-state index < -0.39 is 0 Å². The molecule has 3 aromatic rings. The summed E-state index contributed by atoms with van der Waals surface area (Å²) in [5, 5.41) is 12.0. The summed E-state index contributed by atoms with van der Waals surface area (Å²) in [4.78, 5) is 0. The molecule has 6 nitrogen and oxygen atoms in total. The Balaban J connectivity index is 1.75. The van der Waals surface area contributed by atoms with Crippen LogP contribution in [0.5, 0.6) is 11.5 Å². The minimum atomic E-state index is 0.422. The Kier molecular flexibility index (Phi) is 6.26. The average Bonchev–Trinajstić information content (AvgIpc) is 3.05. The van der Waals surface area contributed by atoms with Gasteiger partial charge in [0.15, 0.2) is 17.3 Å². The summed E-state index contributed by atoms with van der Waals surface area (Å²) in [6, 6.07) is 13.1. The molecule has 0 radical (unpaired) electrons. The molecule has 140 valence electrons. The van der Waals surface area contributed by atoms with Gasteiger partial charge in [-0.3, -0.25) is 5.10 Å². The molecule has 0 aliphatic heterocycles. The molecule has 1 aromatic heterocycles. The highest BCUT2D eigenvalue weighted by molar-refractivity contribution is 7.71. The van der Waals surface area contributed by atoms with E-state index >= 15 is 0 Å². The predicted molar refractivity (Wildman–Crippen MR) is 109 cm³/mol. The number of halogens is 1. The second-order valence-electron chi connectivity index (χ2n) is 5.68. The van der Waals surface area contributed by atoms with Crippen molar-refractivity contribution < 1.29 is 9.47 Å². The second kappa shape index (κ2) is 8.83. The average molecular weight is 403 g/mol. The summed E-state index contributed by atoms with van der Waals surface area (Å²) in [7, 11) is 1.60. The highest BCUT2D eigenvalue weighted by Gasteiger charge is 2.07. The van der Waals surface area contributed by atoms with Gasteiger partial charge in [0.2, 0.25) is 4.77 Å². The standard InChI is InChI=1S/C19H19ClN4O2S/c1-3-18-22-23-19(27)24(18)21-11-14-6-9-16(17(10-14)25-2)26-12-13-4-7-15(20)8-5-13/h4-11H,3,12H2,1-2H3,(H,23,27)/b21-11-. The topological polar surface area (TPSA) is 64.4 Å². The van der Waals surface area contributed by atoms with Crippen molar-refractivity contribution >= 4 is 30.0 Å². The lowest BCUT2D eigenvalue weighted by atomic mass is 10.2. The third-order valence-electron chi connectivity index (χ3n) is 3.85. The first-order chi connectivity index (χ1) is 13.1. The molecule has 0 atom stereocenters. The third kappa shape index (κ3) is 4.75. The minimum Gasteiger partial charge on any atom is -0.493 e. The largest absolute Gasteiger partial charge is 0.493 e. The van der Waals surface area contributed by atoms with Crippen molar-refractivity contribution in [2.24, 2.45) is 5.10 Å². The fourth-order valence-corrected chi connectivity index (χ4v) is 2.75. The number of rotatable bonds is 7. The van der Waals surface area contributed by atoms with Crippen molar-refractivity contribution in [3.63, 3.8) is 0 Å². The van der Waals surface area contributed by atoms with E-state index in [1.165, 1.54) is 0 Å². The van der Waals surface area contributed by atoms with E-state index in [1.807, 2.05) is 49.4 Å². The van der Waals surface area contributed by atoms with Crippen molar-refractivity contribution in [1.82, 2.24) is 14.9 Å². The highest BCUT2D eigenvalue weighted by atomic mass is 35.5. The molecule has 3 rings (SSSR count). The summed E-state index contributed by atoms with van der Waals surface area (Å²) in [5.41, 5.74) is 1.88. The quantitative estimate of drug-likeness (QED) is 0.462. The molecule has 0 saturated carbocycles. The zero-order chi connectivity index (χ0) is 19.2. The van der Waals surface area contributed by atoms with E-state index in [0.29, 0.717) is 27.9 Å². The number of aromatic nitrogens is 3. The monoisotopic (exact) mass is 402 g/mol. The minimum absolute atomic E-state index is 0.422. The summed E-state index contributed by atoms with van der Waals surface area (Å²) in [6.07, 6.45) is 2.43. The Morgan fingerprint density at radius 1 is 1.22 bits per heavy atom. The van der Waals surface area contributed by atoms with Gasteiger partial charge in [0.05, 0.1) is 13.3 Å². The van der Waals surface area contributed by atoms with Crippen LogP contribution in [-0.4, -0.2) is 28.2 Å². The van der Waals surface area contributed by atoms with Gasteiger partial charge in [0.25, 0.3) is 0 Å². The molecule has 0 aliphatic carbocycles. The third-order valence-corrected chi connectivity index (χ3v) is 4.37. The van der Waals surface area contributed by atoms with Crippen LogP contribution >= 0.6 is 23.8 Å². The number of ether oxygens (including phenoxy) is 2. The summed E-state index contributed by atoms with van der Waals surface area (Å²) >= 11 is 11.1. The first-order valence-electron chi connectivity index (χ1n) is 8.36. The van der Waals surface area contributed by atoms with E-state index in [1.54, 1.807) is 18.0 Å². The number of nitrogens with one attached hydrogen (secondary N) is 1. The van der Waals surface area contributed by atoms with E-state index in [2.05, 4.69) is 15.3 Å². The first kappa shape index (κ1) is 19.1. The van der Waals surface area contributed by atoms with Crippen LogP contribution in [0.25, 0.3) is 0 Å². The van der Waals surface area contributed by atoms with Crippen LogP contribution in [-0.2, 0) is 13.0 Å². The van der Waals surface area contributed by atoms with Gasteiger partial charge >= 0.3 is 0 Å². The van der Waals surface area contributed by atoms with Crippen LogP contribution < -0.4 is 9.47 Å². The second-order valence-corrected chi connectivity index (χ2v) is 6.50. The lowest BCUT2D eigenvalue weighted by molar-refractivity contribution is 0.284. The number of aryl methyl sites for hydroxylation is 1. The molecule has 0 bridgehead atoms. The van der Waals surface area contributed by atoms with Crippen LogP contribution in [0, 0.1) is 4.77 Å². The zero-order valence-electron chi connectivity index (χ0n) is 15.0. The molecule has 0 saturated heterocycles. The maximum atomic E-state index is 5.90. The number of hydrogen-bond acceptors (Lipinski definition) is 5. The number of methoxy groups -OCH3 is 1. The van der Waals surface area contributed by atoms with Crippen molar-refractivity contribution in [2.75, 3.05) is 7.11 Å². The fourth-order valence-electron chi connectivity index (χ4n) is 2.42. The van der Waals surface area contributed by atoms with Gasteiger partial charge in [-0.2, -0.15) is 14.9 Å². The predicted octanol–water partition coefficient (Wildman–Crippen LogP) is 4.63. The highest BCUT2D eigenvalue weighted by Crippen LogP contribution is 2.28. The molecule has 8 heteroatoms. The summed E-state index contributed by atoms with van der Waals surface area (Å²) in [6.45, 7) is 2.41. The molecule has 0 aliphatic rings. The molecule has 0 unspecified atom stereocenters. The maximum Gasteiger partial charge on any atom is 0.216 e. The Labute approximate surface area is 167 Å². The Hall–Kier alpha value is -2.64. The van der Waals surface area contributed by atoms with Gasteiger partial charge < -0.3 is 9.47 Å². The SMILES string of the molecule is CCc1n[nH]c(=S)n1/N=C\c1ccc(OCc2ccc(Cl)cc2)c(OC)c1. The van der Waals surface area contributed by atoms with Gasteiger partial charge in [-0.05, 0) is 53.7 Å². The Bertz CT molecular complexity index is 996. The van der Waals surface area contributed by atoms with Crippen molar-refractivity contribution in [1.29, 1.82) is 0 Å². The Morgan fingerprint density at radius 2 is 2.00 bits per heavy atom. The van der Waals surface area contributed by atoms with Crippen molar-refractivity contribution in [2.45, 2.75) is 20.0 Å². The first-order valence-corrected chi connectivity index (χ1v) is 9.15. The molecule has 0 spiro atoms. The molecule has 1 heterocycles. The Morgan fingerprint density at radius 3 is 2.70 bits per heavy atom. The van der Waals surface area contributed by atoms with E-state index in [9.17, 15) is 0 Å². The zero-order valence-corrected chi connectivity index (χ0v) is 16.5. The van der Waals surface area contributed by atoms with Crippen LogP contribution in [0.2, 0.25) is 5.02 Å². The molecular weight excluding hydrogens is 384 g/mol. The van der Waals surface area contributed by atoms with Gasteiger partial charge in [-0.1, -0.05) is 30.7 Å². The number of H-pyrrole nitrogens is 1. The van der Waals surface area contributed by atoms with Gasteiger partial charge in [0, 0.05) is 11.4 Å². The van der Waals surface area contributed by atoms with Crippen molar-refractivity contribution in [3.05, 3.63) is 69.2 Å². The van der Waals surface area contributed by atoms with Crippen LogP contribution in [0.15, 0.2) is 47.6 Å². The molecule has 27 heavy (non-hydrogen) atoms. The van der Waals surface area contributed by atoms with Crippen LogP contribution in [0.4, 0.5) is 0 Å². The molecule has 2 aromatic carbocycles.